The summed E-state index contributed by atoms with van der Waals surface area (Å²) < 4.78 is 0. The molecule has 0 amide bonds. The van der Waals surface area contributed by atoms with Crippen LogP contribution in [-0.4, -0.2) is 0 Å². The first-order valence-electron chi connectivity index (χ1n) is 7.63. The summed E-state index contributed by atoms with van der Waals surface area (Å²) in [5, 5.41) is 0. The minimum atomic E-state index is 0.764. The van der Waals surface area contributed by atoms with E-state index in [-0.39, 0.29) is 0 Å². The topological polar surface area (TPSA) is 0 Å². The lowest BCUT2D eigenvalue weighted by Gasteiger charge is -2.18. The molecule has 0 saturated heterocycles. The van der Waals surface area contributed by atoms with Crippen LogP contribution < -0.4 is 0 Å². The van der Waals surface area contributed by atoms with Gasteiger partial charge in [-0.25, -0.2) is 0 Å². The Labute approximate surface area is 102 Å². The standard InChI is InChI=1S/C16H30/c1-5-8-9-10-13-11-15(13,4)14-12-16(14,6-2)7-3/h13-14H,5-12H2,1-4H3. The van der Waals surface area contributed by atoms with Crippen LogP contribution in [0.5, 0.6) is 0 Å². The lowest BCUT2D eigenvalue weighted by atomic mass is 9.87. The van der Waals surface area contributed by atoms with Crippen molar-refractivity contribution in [1.82, 2.24) is 0 Å². The molecule has 0 spiro atoms. The smallest absolute Gasteiger partial charge is 0.0261 e. The maximum Gasteiger partial charge on any atom is -0.0261 e. The molecular weight excluding hydrogens is 192 g/mol. The van der Waals surface area contributed by atoms with Crippen molar-refractivity contribution in [2.24, 2.45) is 22.7 Å². The van der Waals surface area contributed by atoms with E-state index in [1.54, 1.807) is 12.8 Å². The van der Waals surface area contributed by atoms with Crippen LogP contribution in [-0.2, 0) is 0 Å². The van der Waals surface area contributed by atoms with Crippen molar-refractivity contribution >= 4 is 0 Å². The second-order valence-corrected chi connectivity index (χ2v) is 6.73. The highest BCUT2D eigenvalue weighted by atomic mass is 14.7. The highest BCUT2D eigenvalue weighted by Gasteiger charge is 2.67. The molecule has 0 radical (unpaired) electrons. The van der Waals surface area contributed by atoms with Crippen molar-refractivity contribution in [1.29, 1.82) is 0 Å². The zero-order valence-electron chi connectivity index (χ0n) is 11.8. The molecule has 3 unspecified atom stereocenters. The molecule has 2 aliphatic carbocycles. The van der Waals surface area contributed by atoms with Gasteiger partial charge in [0.15, 0.2) is 0 Å². The Morgan fingerprint density at radius 3 is 2.19 bits per heavy atom. The molecule has 0 aliphatic heterocycles. The normalized spacial score (nSPS) is 39.8. The van der Waals surface area contributed by atoms with Gasteiger partial charge in [0.2, 0.25) is 0 Å². The first kappa shape index (κ1) is 12.5. The van der Waals surface area contributed by atoms with Crippen LogP contribution in [0.2, 0.25) is 0 Å². The van der Waals surface area contributed by atoms with Crippen LogP contribution in [0.4, 0.5) is 0 Å². The van der Waals surface area contributed by atoms with Gasteiger partial charge >= 0.3 is 0 Å². The summed E-state index contributed by atoms with van der Waals surface area (Å²) >= 11 is 0. The first-order chi connectivity index (χ1) is 7.63. The predicted octanol–water partition coefficient (Wildman–Crippen LogP) is 5.42. The average Bonchev–Trinajstić information content (AvgIpc) is 3.16. The Hall–Kier alpha value is 0. The molecule has 2 saturated carbocycles. The van der Waals surface area contributed by atoms with E-state index >= 15 is 0 Å². The van der Waals surface area contributed by atoms with Crippen LogP contribution in [0.3, 0.4) is 0 Å². The Morgan fingerprint density at radius 2 is 1.69 bits per heavy atom. The molecule has 2 rings (SSSR count). The zero-order chi connectivity index (χ0) is 11.8. The van der Waals surface area contributed by atoms with E-state index in [0.29, 0.717) is 0 Å². The molecule has 0 bridgehead atoms. The third-order valence-electron chi connectivity index (χ3n) is 6.01. The molecule has 16 heavy (non-hydrogen) atoms. The van der Waals surface area contributed by atoms with Gasteiger partial charge in [-0.05, 0) is 41.9 Å². The molecule has 0 heterocycles. The second kappa shape index (κ2) is 4.35. The monoisotopic (exact) mass is 222 g/mol. The summed E-state index contributed by atoms with van der Waals surface area (Å²) in [5.41, 5.74) is 1.54. The minimum Gasteiger partial charge on any atom is -0.0654 e. The van der Waals surface area contributed by atoms with Crippen LogP contribution in [0.15, 0.2) is 0 Å². The van der Waals surface area contributed by atoms with E-state index < -0.39 is 0 Å². The van der Waals surface area contributed by atoms with E-state index in [9.17, 15) is 0 Å². The average molecular weight is 222 g/mol. The van der Waals surface area contributed by atoms with Gasteiger partial charge < -0.3 is 0 Å². The third kappa shape index (κ3) is 1.93. The Bertz CT molecular complexity index is 238. The van der Waals surface area contributed by atoms with E-state index in [0.717, 1.165) is 22.7 Å². The minimum absolute atomic E-state index is 0.764. The number of unbranched alkanes of at least 4 members (excludes halogenated alkanes) is 2. The highest BCUT2D eigenvalue weighted by molar-refractivity contribution is 5.16. The lowest BCUT2D eigenvalue weighted by molar-refractivity contribution is 0.313. The molecule has 0 N–H and O–H groups in total. The summed E-state index contributed by atoms with van der Waals surface area (Å²) in [6.45, 7) is 9.70. The fourth-order valence-corrected chi connectivity index (χ4v) is 4.28. The molecule has 94 valence electrons. The van der Waals surface area contributed by atoms with Gasteiger partial charge in [0, 0.05) is 0 Å². The lowest BCUT2D eigenvalue weighted by Crippen LogP contribution is -2.10. The maximum absolute atomic E-state index is 2.58. The van der Waals surface area contributed by atoms with Gasteiger partial charge in [-0.2, -0.15) is 0 Å². The van der Waals surface area contributed by atoms with Crippen LogP contribution in [0.1, 0.15) is 79.1 Å². The van der Waals surface area contributed by atoms with Crippen molar-refractivity contribution in [3.8, 4) is 0 Å². The van der Waals surface area contributed by atoms with Gasteiger partial charge in [0.25, 0.3) is 0 Å². The summed E-state index contributed by atoms with van der Waals surface area (Å²) in [6.07, 6.45) is 11.8. The number of hydrogen-bond donors (Lipinski definition) is 0. The fraction of sp³-hybridized carbons (Fsp3) is 1.00. The van der Waals surface area contributed by atoms with Crippen molar-refractivity contribution in [3.63, 3.8) is 0 Å². The van der Waals surface area contributed by atoms with Crippen LogP contribution >= 0.6 is 0 Å². The van der Waals surface area contributed by atoms with Crippen molar-refractivity contribution in [2.75, 3.05) is 0 Å². The van der Waals surface area contributed by atoms with Crippen molar-refractivity contribution in [3.05, 3.63) is 0 Å². The van der Waals surface area contributed by atoms with Gasteiger partial charge in [-0.15, -0.1) is 0 Å². The van der Waals surface area contributed by atoms with E-state index in [2.05, 4.69) is 27.7 Å². The fourth-order valence-electron chi connectivity index (χ4n) is 4.28. The Kier molecular flexibility index (Phi) is 3.39. The Balaban J connectivity index is 1.80. The van der Waals surface area contributed by atoms with E-state index in [4.69, 9.17) is 0 Å². The first-order valence-corrected chi connectivity index (χ1v) is 7.63. The number of rotatable bonds is 7. The van der Waals surface area contributed by atoms with E-state index in [1.807, 2.05) is 0 Å². The van der Waals surface area contributed by atoms with E-state index in [1.165, 1.54) is 38.5 Å². The predicted molar refractivity (Wildman–Crippen MR) is 71.5 cm³/mol. The largest absolute Gasteiger partial charge is 0.0654 e. The van der Waals surface area contributed by atoms with Crippen molar-refractivity contribution in [2.45, 2.75) is 79.1 Å². The summed E-state index contributed by atoms with van der Waals surface area (Å²) in [5.74, 6) is 2.17. The molecular formula is C16H30. The van der Waals surface area contributed by atoms with Crippen molar-refractivity contribution < 1.29 is 0 Å². The van der Waals surface area contributed by atoms with Crippen LogP contribution in [0.25, 0.3) is 0 Å². The summed E-state index contributed by atoms with van der Waals surface area (Å²) in [7, 11) is 0. The molecule has 2 fully saturated rings. The van der Waals surface area contributed by atoms with Crippen LogP contribution in [0, 0.1) is 22.7 Å². The maximum atomic E-state index is 2.58. The molecule has 0 heteroatoms. The molecule has 0 aromatic carbocycles. The second-order valence-electron chi connectivity index (χ2n) is 6.73. The quantitative estimate of drug-likeness (QED) is 0.505. The molecule has 3 atom stereocenters. The molecule has 0 aromatic rings. The summed E-state index contributed by atoms with van der Waals surface area (Å²) in [4.78, 5) is 0. The van der Waals surface area contributed by atoms with Gasteiger partial charge in [0.05, 0.1) is 0 Å². The summed E-state index contributed by atoms with van der Waals surface area (Å²) in [6, 6.07) is 0. The SMILES string of the molecule is CCCCCC1CC1(C)C1CC1(CC)CC. The van der Waals surface area contributed by atoms with Gasteiger partial charge in [-0.3, -0.25) is 0 Å². The molecule has 2 aliphatic rings. The highest BCUT2D eigenvalue weighted by Crippen LogP contribution is 2.75. The van der Waals surface area contributed by atoms with Gasteiger partial charge in [-0.1, -0.05) is 59.8 Å². The number of hydrogen-bond acceptors (Lipinski definition) is 0. The molecule has 0 nitrogen and oxygen atoms in total. The van der Waals surface area contributed by atoms with Gasteiger partial charge in [0.1, 0.15) is 0 Å². The third-order valence-corrected chi connectivity index (χ3v) is 6.01. The molecule has 0 aromatic heterocycles. The zero-order valence-corrected chi connectivity index (χ0v) is 11.8. The Morgan fingerprint density at radius 1 is 1.00 bits per heavy atom.